The summed E-state index contributed by atoms with van der Waals surface area (Å²) in [6.07, 6.45) is -0.162. The van der Waals surface area contributed by atoms with Gasteiger partial charge >= 0.3 is 11.9 Å². The minimum absolute atomic E-state index is 0.0245. The summed E-state index contributed by atoms with van der Waals surface area (Å²) in [5.41, 5.74) is 8.70. The molecule has 2 unspecified atom stereocenters. The summed E-state index contributed by atoms with van der Waals surface area (Å²) in [6, 6.07) is 17.2. The molecular weight excluding hydrogens is 596 g/mol. The van der Waals surface area contributed by atoms with Crippen molar-refractivity contribution >= 4 is 11.9 Å². The molecule has 0 aromatic heterocycles. The van der Waals surface area contributed by atoms with Crippen molar-refractivity contribution in [3.63, 3.8) is 0 Å². The molecule has 3 aromatic carbocycles. The van der Waals surface area contributed by atoms with Crippen molar-refractivity contribution in [2.24, 2.45) is 0 Å². The molecule has 2 N–H and O–H groups in total. The molecule has 0 heterocycles. The van der Waals surface area contributed by atoms with E-state index in [9.17, 15) is 19.8 Å². The smallest absolute Gasteiger partial charge is 0.333 e. The Morgan fingerprint density at radius 1 is 0.723 bits per heavy atom. The fourth-order valence-corrected chi connectivity index (χ4v) is 6.27. The van der Waals surface area contributed by atoms with E-state index in [0.29, 0.717) is 11.5 Å². The molecule has 0 saturated heterocycles. The highest BCUT2D eigenvalue weighted by Gasteiger charge is 2.42. The van der Waals surface area contributed by atoms with Crippen LogP contribution in [0.15, 0.2) is 72.8 Å². The zero-order valence-corrected chi connectivity index (χ0v) is 28.3. The van der Waals surface area contributed by atoms with Crippen molar-refractivity contribution in [1.29, 1.82) is 0 Å². The molecular formula is C39H46O8. The van der Waals surface area contributed by atoms with E-state index in [4.69, 9.17) is 18.9 Å². The monoisotopic (exact) mass is 642 g/mol. The molecule has 0 radical (unpaired) electrons. The zero-order chi connectivity index (χ0) is 34.5. The number of hydrogen-bond donors (Lipinski definition) is 2. The number of benzene rings is 3. The van der Waals surface area contributed by atoms with Gasteiger partial charge in [0.15, 0.2) is 0 Å². The van der Waals surface area contributed by atoms with Crippen molar-refractivity contribution in [2.75, 3.05) is 26.4 Å². The summed E-state index contributed by atoms with van der Waals surface area (Å²) in [5.74, 6) is 0.271. The van der Waals surface area contributed by atoms with E-state index in [2.05, 4.69) is 61.7 Å². The predicted octanol–water partition coefficient (Wildman–Crippen LogP) is 5.92. The van der Waals surface area contributed by atoms with Gasteiger partial charge in [0.05, 0.1) is 0 Å². The second-order valence-electron chi connectivity index (χ2n) is 12.6. The molecule has 0 fully saturated rings. The number of carbonyl (C=O) groups excluding carboxylic acids is 2. The Morgan fingerprint density at radius 3 is 1.53 bits per heavy atom. The molecule has 250 valence electrons. The Hall–Kier alpha value is -4.40. The molecule has 0 bridgehead atoms. The van der Waals surface area contributed by atoms with Crippen LogP contribution in [0.1, 0.15) is 64.8 Å². The predicted molar refractivity (Wildman–Crippen MR) is 181 cm³/mol. The molecule has 8 heteroatoms. The first kappa shape index (κ1) is 35.5. The normalized spacial score (nSPS) is 16.5. The molecule has 0 saturated carbocycles. The number of carbonyl (C=O) groups is 2. The first-order chi connectivity index (χ1) is 22.2. The highest BCUT2D eigenvalue weighted by molar-refractivity contribution is 5.87. The lowest BCUT2D eigenvalue weighted by atomic mass is 9.69. The maximum atomic E-state index is 11.7. The van der Waals surface area contributed by atoms with Crippen LogP contribution in [0.5, 0.6) is 11.5 Å². The van der Waals surface area contributed by atoms with E-state index in [1.807, 2.05) is 27.7 Å². The Balaban J connectivity index is 1.63. The van der Waals surface area contributed by atoms with E-state index >= 15 is 0 Å². The molecule has 1 aliphatic carbocycles. The van der Waals surface area contributed by atoms with Crippen LogP contribution in [0.2, 0.25) is 0 Å². The first-order valence-corrected chi connectivity index (χ1v) is 15.8. The minimum atomic E-state index is -0.982. The highest BCUT2D eigenvalue weighted by atomic mass is 16.6. The van der Waals surface area contributed by atoms with Crippen LogP contribution in [0.4, 0.5) is 0 Å². The maximum Gasteiger partial charge on any atom is 0.333 e. The van der Waals surface area contributed by atoms with Crippen LogP contribution < -0.4 is 9.47 Å². The Morgan fingerprint density at radius 2 is 1.13 bits per heavy atom. The summed E-state index contributed by atoms with van der Waals surface area (Å²) in [5, 5.41) is 20.8. The van der Waals surface area contributed by atoms with Gasteiger partial charge in [-0.2, -0.15) is 0 Å². The lowest BCUT2D eigenvalue weighted by Crippen LogP contribution is -2.28. The summed E-state index contributed by atoms with van der Waals surface area (Å²) >= 11 is 0. The third-order valence-electron chi connectivity index (χ3n) is 8.50. The maximum absolute atomic E-state index is 11.7. The number of aliphatic hydroxyl groups is 2. The zero-order valence-electron chi connectivity index (χ0n) is 28.3. The van der Waals surface area contributed by atoms with Crippen LogP contribution in [0.25, 0.3) is 0 Å². The fraction of sp³-hybridized carbons (Fsp3) is 0.385. The van der Waals surface area contributed by atoms with Gasteiger partial charge in [-0.05, 0) is 98.9 Å². The first-order valence-electron chi connectivity index (χ1n) is 15.8. The number of ether oxygens (including phenoxy) is 4. The van der Waals surface area contributed by atoms with Gasteiger partial charge in [0.1, 0.15) is 50.1 Å². The third kappa shape index (κ3) is 7.95. The van der Waals surface area contributed by atoms with Crippen LogP contribution in [0.3, 0.4) is 0 Å². The number of aliphatic hydroxyl groups excluding tert-OH is 2. The Labute approximate surface area is 277 Å². The lowest BCUT2D eigenvalue weighted by Gasteiger charge is -2.34. The van der Waals surface area contributed by atoms with Gasteiger partial charge in [-0.25, -0.2) is 9.59 Å². The molecule has 0 spiro atoms. The van der Waals surface area contributed by atoms with Crippen molar-refractivity contribution in [2.45, 2.75) is 72.0 Å². The van der Waals surface area contributed by atoms with Crippen molar-refractivity contribution in [1.82, 2.24) is 0 Å². The van der Waals surface area contributed by atoms with Crippen molar-refractivity contribution < 1.29 is 38.7 Å². The van der Waals surface area contributed by atoms with Gasteiger partial charge in [0, 0.05) is 16.6 Å². The van der Waals surface area contributed by atoms with Gasteiger partial charge in [-0.15, -0.1) is 0 Å². The van der Waals surface area contributed by atoms with E-state index in [0.717, 1.165) is 46.2 Å². The van der Waals surface area contributed by atoms with E-state index < -0.39 is 29.6 Å². The number of esters is 2. The second-order valence-corrected chi connectivity index (χ2v) is 12.6. The molecule has 1 aliphatic rings. The van der Waals surface area contributed by atoms with Gasteiger partial charge < -0.3 is 29.2 Å². The molecule has 3 aromatic rings. The minimum Gasteiger partial charge on any atom is -0.490 e. The number of hydrogen-bond acceptors (Lipinski definition) is 8. The highest BCUT2D eigenvalue weighted by Crippen LogP contribution is 2.51. The lowest BCUT2D eigenvalue weighted by molar-refractivity contribution is -0.143. The molecule has 2 atom stereocenters. The Kier molecular flexibility index (Phi) is 11.3. The summed E-state index contributed by atoms with van der Waals surface area (Å²) in [6.45, 7) is 17.8. The SMILES string of the molecule is C=C(C)C(=O)OCC(O)COc1c(C)cc(C2(c3cc(C)c(OCC(O)COC(=O)C(=C)C)c(C)c3)CCc3ccccc32)cc1C. The fourth-order valence-electron chi connectivity index (χ4n) is 6.27. The molecule has 47 heavy (non-hydrogen) atoms. The van der Waals surface area contributed by atoms with Gasteiger partial charge in [-0.1, -0.05) is 61.7 Å². The van der Waals surface area contributed by atoms with Gasteiger partial charge in [0.2, 0.25) is 0 Å². The average Bonchev–Trinajstić information content (AvgIpc) is 3.42. The second kappa shape index (κ2) is 15.0. The van der Waals surface area contributed by atoms with Crippen molar-refractivity contribution in [3.8, 4) is 11.5 Å². The van der Waals surface area contributed by atoms with Crippen LogP contribution >= 0.6 is 0 Å². The Bertz CT molecular complexity index is 1530. The summed E-state index contributed by atoms with van der Waals surface area (Å²) in [7, 11) is 0. The number of rotatable bonds is 14. The molecule has 0 aliphatic heterocycles. The van der Waals surface area contributed by atoms with Crippen LogP contribution in [-0.2, 0) is 30.9 Å². The van der Waals surface area contributed by atoms with Gasteiger partial charge in [-0.3, -0.25) is 0 Å². The topological polar surface area (TPSA) is 112 Å². The van der Waals surface area contributed by atoms with E-state index in [1.54, 1.807) is 13.8 Å². The van der Waals surface area contributed by atoms with Crippen LogP contribution in [0, 0.1) is 27.7 Å². The molecule has 4 rings (SSSR count). The molecule has 8 nitrogen and oxygen atoms in total. The summed E-state index contributed by atoms with van der Waals surface area (Å²) in [4.78, 5) is 23.4. The van der Waals surface area contributed by atoms with Crippen LogP contribution in [-0.4, -0.2) is 60.8 Å². The van der Waals surface area contributed by atoms with E-state index in [-0.39, 0.29) is 37.6 Å². The average molecular weight is 643 g/mol. The number of fused-ring (bicyclic) bond motifs is 1. The standard InChI is InChI=1S/C39H46O8/c1-23(2)37(42)46-21-32(40)19-44-35-25(5)15-30(16-26(35)6)39(14-13-29-11-9-10-12-34(29)39)31-17-27(7)36(28(8)18-31)45-20-33(41)22-47-38(43)24(3)4/h9-12,15-18,32-33,40-41H,1,3,13-14,19-22H2,2,4-8H3. The van der Waals surface area contributed by atoms with Gasteiger partial charge in [0.25, 0.3) is 0 Å². The van der Waals surface area contributed by atoms with Crippen molar-refractivity contribution in [3.05, 3.63) is 117 Å². The quantitative estimate of drug-likeness (QED) is 0.165. The largest absolute Gasteiger partial charge is 0.490 e. The van der Waals surface area contributed by atoms with E-state index in [1.165, 1.54) is 11.1 Å². The molecule has 0 amide bonds. The third-order valence-corrected chi connectivity index (χ3v) is 8.50. The number of aryl methyl sites for hydroxylation is 5. The summed E-state index contributed by atoms with van der Waals surface area (Å²) < 4.78 is 22.2.